The largest absolute Gasteiger partial charge is 0.296 e. The molecule has 0 amide bonds. The van der Waals surface area contributed by atoms with Gasteiger partial charge in [0.1, 0.15) is 0 Å². The predicted molar refractivity (Wildman–Crippen MR) is 88.8 cm³/mol. The minimum atomic E-state index is -1.77. The fourth-order valence-electron chi connectivity index (χ4n) is 2.17. The molecule has 1 aromatic heterocycles. The van der Waals surface area contributed by atoms with Crippen molar-refractivity contribution < 1.29 is 9.18 Å². The molecule has 2 aromatic carbocycles. The first-order chi connectivity index (χ1) is 11.1. The number of aromatic nitrogens is 2. The van der Waals surface area contributed by atoms with Crippen LogP contribution in [0.5, 0.6) is 0 Å². The van der Waals surface area contributed by atoms with Gasteiger partial charge in [0, 0.05) is 0 Å². The zero-order chi connectivity index (χ0) is 16.4. The van der Waals surface area contributed by atoms with E-state index in [1.54, 1.807) is 48.5 Å². The summed E-state index contributed by atoms with van der Waals surface area (Å²) in [5, 5.41) is 0.599. The summed E-state index contributed by atoms with van der Waals surface area (Å²) in [6.07, 6.45) is 0. The van der Waals surface area contributed by atoms with Gasteiger partial charge in [0.2, 0.25) is 5.50 Å². The molecule has 4 nitrogen and oxygen atoms in total. The molecular formula is C17H13FN2O2S. The number of fused-ring (bicyclic) bond motifs is 1. The van der Waals surface area contributed by atoms with Crippen molar-refractivity contribution in [1.29, 1.82) is 0 Å². The van der Waals surface area contributed by atoms with Gasteiger partial charge in [-0.15, -0.1) is 0 Å². The van der Waals surface area contributed by atoms with Crippen molar-refractivity contribution in [2.75, 3.05) is 0 Å². The molecule has 0 radical (unpaired) electrons. The molecular weight excluding hydrogens is 315 g/mol. The number of carbonyl (C=O) groups is 1. The maximum Gasteiger partial charge on any atom is 0.266 e. The number of hydrogen-bond donors (Lipinski definition) is 0. The second-order valence-corrected chi connectivity index (χ2v) is 5.95. The van der Waals surface area contributed by atoms with E-state index in [1.807, 2.05) is 6.07 Å². The van der Waals surface area contributed by atoms with E-state index >= 15 is 0 Å². The molecule has 0 saturated carbocycles. The topological polar surface area (TPSA) is 52.0 Å². The minimum Gasteiger partial charge on any atom is -0.296 e. The lowest BCUT2D eigenvalue weighted by Gasteiger charge is -2.13. The molecule has 0 fully saturated rings. The molecule has 23 heavy (non-hydrogen) atoms. The number of nitrogens with zero attached hydrogens (tertiary/aromatic N) is 2. The van der Waals surface area contributed by atoms with Crippen molar-refractivity contribution in [2.24, 2.45) is 0 Å². The van der Waals surface area contributed by atoms with Gasteiger partial charge >= 0.3 is 0 Å². The number of Topliss-reactive ketones (excluding diaryl/α,β-unsaturated/α-hetero) is 1. The van der Waals surface area contributed by atoms with Crippen LogP contribution in [0, 0.1) is 0 Å². The van der Waals surface area contributed by atoms with Crippen molar-refractivity contribution >= 4 is 28.4 Å². The summed E-state index contributed by atoms with van der Waals surface area (Å²) in [5.74, 6) is -0.614. The number of carbonyl (C=O) groups excluding carboxylic acids is 1. The SMILES string of the molecule is CC(=O)C(F)Sc1nc2ccccc2c(=O)n1-c1ccccc1. The Bertz CT molecular complexity index is 925. The van der Waals surface area contributed by atoms with Crippen LogP contribution < -0.4 is 5.56 Å². The van der Waals surface area contributed by atoms with Crippen LogP contribution in [0.15, 0.2) is 64.5 Å². The van der Waals surface area contributed by atoms with Crippen LogP contribution >= 0.6 is 11.8 Å². The van der Waals surface area contributed by atoms with Crippen LogP contribution in [0.1, 0.15) is 6.92 Å². The van der Waals surface area contributed by atoms with Gasteiger partial charge in [-0.25, -0.2) is 9.37 Å². The van der Waals surface area contributed by atoms with Gasteiger partial charge in [-0.05, 0) is 43.0 Å². The van der Waals surface area contributed by atoms with Crippen molar-refractivity contribution in [2.45, 2.75) is 17.6 Å². The highest BCUT2D eigenvalue weighted by Gasteiger charge is 2.20. The normalized spacial score (nSPS) is 12.3. The van der Waals surface area contributed by atoms with E-state index in [-0.39, 0.29) is 10.7 Å². The average Bonchev–Trinajstić information content (AvgIpc) is 2.56. The van der Waals surface area contributed by atoms with Crippen LogP contribution in [0.2, 0.25) is 0 Å². The molecule has 6 heteroatoms. The first-order valence-corrected chi connectivity index (χ1v) is 7.84. The molecule has 0 N–H and O–H groups in total. The molecule has 0 aliphatic heterocycles. The van der Waals surface area contributed by atoms with Crippen molar-refractivity contribution in [3.63, 3.8) is 0 Å². The lowest BCUT2D eigenvalue weighted by Crippen LogP contribution is -2.23. The maximum absolute atomic E-state index is 13.9. The van der Waals surface area contributed by atoms with Gasteiger partial charge in [-0.1, -0.05) is 30.3 Å². The average molecular weight is 328 g/mol. The van der Waals surface area contributed by atoms with Crippen molar-refractivity contribution in [3.8, 4) is 5.69 Å². The standard InChI is InChI=1S/C17H13FN2O2S/c1-11(21)15(18)23-17-19-14-10-6-5-9-13(14)16(22)20(17)12-7-3-2-4-8-12/h2-10,15H,1H3. The van der Waals surface area contributed by atoms with Crippen LogP contribution in [0.3, 0.4) is 0 Å². The Morgan fingerprint density at radius 3 is 2.48 bits per heavy atom. The van der Waals surface area contributed by atoms with E-state index in [9.17, 15) is 14.0 Å². The monoisotopic (exact) mass is 328 g/mol. The number of thioether (sulfide) groups is 1. The number of halogens is 1. The third kappa shape index (κ3) is 3.03. The van der Waals surface area contributed by atoms with Gasteiger partial charge < -0.3 is 0 Å². The Balaban J connectivity index is 2.28. The Kier molecular flexibility index (Phi) is 4.25. The summed E-state index contributed by atoms with van der Waals surface area (Å²) in [6.45, 7) is 1.17. The van der Waals surface area contributed by atoms with Gasteiger partial charge in [0.05, 0.1) is 16.6 Å². The molecule has 1 atom stereocenters. The molecule has 1 heterocycles. The molecule has 0 spiro atoms. The summed E-state index contributed by atoms with van der Waals surface area (Å²) in [6, 6.07) is 15.7. The van der Waals surface area contributed by atoms with Gasteiger partial charge in [-0.3, -0.25) is 14.2 Å². The number of ketones is 1. The minimum absolute atomic E-state index is 0.155. The number of rotatable bonds is 4. The van der Waals surface area contributed by atoms with E-state index in [4.69, 9.17) is 0 Å². The van der Waals surface area contributed by atoms with E-state index in [0.29, 0.717) is 28.4 Å². The second-order valence-electron chi connectivity index (χ2n) is 4.93. The van der Waals surface area contributed by atoms with Crippen LogP contribution in [0.25, 0.3) is 16.6 Å². The van der Waals surface area contributed by atoms with E-state index < -0.39 is 11.3 Å². The Morgan fingerprint density at radius 2 is 1.78 bits per heavy atom. The summed E-state index contributed by atoms with van der Waals surface area (Å²) < 4.78 is 15.2. The smallest absolute Gasteiger partial charge is 0.266 e. The zero-order valence-corrected chi connectivity index (χ0v) is 13.1. The number of para-hydroxylation sites is 2. The summed E-state index contributed by atoms with van der Waals surface area (Å²) in [5.41, 5.74) is -1.00. The molecule has 0 aliphatic rings. The molecule has 3 aromatic rings. The Labute approximate surface area is 136 Å². The summed E-state index contributed by atoms with van der Waals surface area (Å²) in [7, 11) is 0. The second kappa shape index (κ2) is 6.34. The van der Waals surface area contributed by atoms with E-state index in [0.717, 1.165) is 0 Å². The van der Waals surface area contributed by atoms with E-state index in [2.05, 4.69) is 4.98 Å². The lowest BCUT2D eigenvalue weighted by molar-refractivity contribution is -0.118. The quantitative estimate of drug-likeness (QED) is 0.544. The number of alkyl halides is 1. The molecule has 3 rings (SSSR count). The fraction of sp³-hybridized carbons (Fsp3) is 0.118. The third-order valence-electron chi connectivity index (χ3n) is 3.29. The first kappa shape index (κ1) is 15.4. The van der Waals surface area contributed by atoms with Crippen LogP contribution in [0.4, 0.5) is 4.39 Å². The van der Waals surface area contributed by atoms with Crippen molar-refractivity contribution in [3.05, 3.63) is 65.0 Å². The first-order valence-electron chi connectivity index (χ1n) is 6.96. The van der Waals surface area contributed by atoms with Gasteiger partial charge in [-0.2, -0.15) is 0 Å². The summed E-state index contributed by atoms with van der Waals surface area (Å²) >= 11 is 0.638. The maximum atomic E-state index is 13.9. The highest BCUT2D eigenvalue weighted by molar-refractivity contribution is 8.00. The van der Waals surface area contributed by atoms with Crippen LogP contribution in [-0.2, 0) is 4.79 Å². The number of benzene rings is 2. The molecule has 0 aliphatic carbocycles. The predicted octanol–water partition coefficient (Wildman–Crippen LogP) is 3.36. The molecule has 0 saturated heterocycles. The highest BCUT2D eigenvalue weighted by atomic mass is 32.2. The number of hydrogen-bond acceptors (Lipinski definition) is 4. The lowest BCUT2D eigenvalue weighted by atomic mass is 10.2. The highest BCUT2D eigenvalue weighted by Crippen LogP contribution is 2.26. The third-order valence-corrected chi connectivity index (χ3v) is 4.31. The van der Waals surface area contributed by atoms with Gasteiger partial charge in [0.25, 0.3) is 5.56 Å². The fourth-order valence-corrected chi connectivity index (χ4v) is 2.97. The molecule has 0 bridgehead atoms. The molecule has 1 unspecified atom stereocenters. The Morgan fingerprint density at radius 1 is 1.13 bits per heavy atom. The Hall–Kier alpha value is -2.47. The van der Waals surface area contributed by atoms with E-state index in [1.165, 1.54) is 11.5 Å². The van der Waals surface area contributed by atoms with Gasteiger partial charge in [0.15, 0.2) is 10.9 Å². The summed E-state index contributed by atoms with van der Waals surface area (Å²) in [4.78, 5) is 28.4. The molecule has 116 valence electrons. The van der Waals surface area contributed by atoms with Crippen LogP contribution in [-0.4, -0.2) is 20.8 Å². The zero-order valence-electron chi connectivity index (χ0n) is 12.3. The van der Waals surface area contributed by atoms with Crippen molar-refractivity contribution in [1.82, 2.24) is 9.55 Å².